The molecule has 0 aromatic heterocycles. The molecule has 1 fully saturated rings. The summed E-state index contributed by atoms with van der Waals surface area (Å²) in [5.41, 5.74) is 0.863. The number of nitrogens with zero attached hydrogens (tertiary/aromatic N) is 1. The van der Waals surface area contributed by atoms with E-state index < -0.39 is 32.5 Å². The second-order valence-corrected chi connectivity index (χ2v) is 7.98. The molecule has 1 aliphatic rings. The lowest BCUT2D eigenvalue weighted by atomic mass is 10.1. The Labute approximate surface area is 155 Å². The van der Waals surface area contributed by atoms with Crippen LogP contribution in [0.25, 0.3) is 0 Å². The summed E-state index contributed by atoms with van der Waals surface area (Å²) in [5, 5.41) is 2.57. The molecule has 1 amide bonds. The average Bonchev–Trinajstić information content (AvgIpc) is 2.65. The first-order valence-electron chi connectivity index (χ1n) is 8.24. The first-order valence-corrected chi connectivity index (χ1v) is 9.68. The molecule has 0 unspecified atom stereocenters. The number of aryl methyl sites for hydroxylation is 1. The van der Waals surface area contributed by atoms with Crippen LogP contribution in [0.4, 0.5) is 14.5 Å². The van der Waals surface area contributed by atoms with Crippen molar-refractivity contribution >= 4 is 21.6 Å². The van der Waals surface area contributed by atoms with Crippen molar-refractivity contribution in [1.82, 2.24) is 4.31 Å². The highest BCUT2D eigenvalue weighted by atomic mass is 32.2. The quantitative estimate of drug-likeness (QED) is 0.862. The topological polar surface area (TPSA) is 75.7 Å². The zero-order valence-corrected chi connectivity index (χ0v) is 15.4. The highest BCUT2D eigenvalue weighted by molar-refractivity contribution is 7.89. The summed E-state index contributed by atoms with van der Waals surface area (Å²) in [6, 6.07) is 7.00. The SMILES string of the molecule is Cc1cc(F)ccc1NC(=O)c1ccc(F)c(S(=O)(=O)N2CCOCC2)c1. The molecule has 1 N–H and O–H groups in total. The Hall–Kier alpha value is -2.36. The van der Waals surface area contributed by atoms with E-state index in [-0.39, 0.29) is 31.9 Å². The van der Waals surface area contributed by atoms with Crippen LogP contribution < -0.4 is 5.32 Å². The number of carbonyl (C=O) groups excluding carboxylic acids is 1. The molecule has 0 saturated carbocycles. The molecule has 2 aromatic rings. The number of hydrogen-bond donors (Lipinski definition) is 1. The molecule has 3 rings (SSSR count). The smallest absolute Gasteiger partial charge is 0.255 e. The Morgan fingerprint density at radius 2 is 1.81 bits per heavy atom. The number of sulfonamides is 1. The summed E-state index contributed by atoms with van der Waals surface area (Å²) < 4.78 is 59.0. The third-order valence-corrected chi connectivity index (χ3v) is 6.13. The van der Waals surface area contributed by atoms with E-state index in [1.165, 1.54) is 24.3 Å². The Morgan fingerprint density at radius 1 is 1.11 bits per heavy atom. The number of amides is 1. The summed E-state index contributed by atoms with van der Waals surface area (Å²) in [5.74, 6) is -2.00. The van der Waals surface area contributed by atoms with Crippen LogP contribution in [0.2, 0.25) is 0 Å². The van der Waals surface area contributed by atoms with Crippen molar-refractivity contribution in [2.24, 2.45) is 0 Å². The van der Waals surface area contributed by atoms with Crippen LogP contribution in [0.15, 0.2) is 41.3 Å². The molecular weight excluding hydrogens is 378 g/mol. The molecular formula is C18H18F2N2O4S. The minimum Gasteiger partial charge on any atom is -0.379 e. The molecule has 6 nitrogen and oxygen atoms in total. The van der Waals surface area contributed by atoms with Crippen molar-refractivity contribution in [3.63, 3.8) is 0 Å². The van der Waals surface area contributed by atoms with Crippen LogP contribution in [0.1, 0.15) is 15.9 Å². The van der Waals surface area contributed by atoms with E-state index in [4.69, 9.17) is 4.74 Å². The maximum atomic E-state index is 14.2. The van der Waals surface area contributed by atoms with E-state index in [0.717, 1.165) is 16.4 Å². The van der Waals surface area contributed by atoms with Crippen molar-refractivity contribution in [2.75, 3.05) is 31.6 Å². The fourth-order valence-electron chi connectivity index (χ4n) is 2.73. The number of rotatable bonds is 4. The van der Waals surface area contributed by atoms with Crippen molar-refractivity contribution in [2.45, 2.75) is 11.8 Å². The normalized spacial score (nSPS) is 15.5. The Morgan fingerprint density at radius 3 is 2.48 bits per heavy atom. The van der Waals surface area contributed by atoms with Crippen LogP contribution in [0.5, 0.6) is 0 Å². The molecule has 144 valence electrons. The van der Waals surface area contributed by atoms with Gasteiger partial charge in [0.2, 0.25) is 10.0 Å². The number of benzene rings is 2. The third-order valence-electron chi connectivity index (χ3n) is 4.22. The van der Waals surface area contributed by atoms with Gasteiger partial charge in [0.25, 0.3) is 5.91 Å². The number of nitrogens with one attached hydrogen (secondary N) is 1. The minimum absolute atomic E-state index is 0.0213. The van der Waals surface area contributed by atoms with Gasteiger partial charge in [-0.05, 0) is 48.9 Å². The molecule has 0 atom stereocenters. The van der Waals surface area contributed by atoms with Crippen LogP contribution >= 0.6 is 0 Å². The van der Waals surface area contributed by atoms with Gasteiger partial charge in [-0.15, -0.1) is 0 Å². The van der Waals surface area contributed by atoms with Crippen LogP contribution in [0, 0.1) is 18.6 Å². The van der Waals surface area contributed by atoms with E-state index in [1.807, 2.05) is 0 Å². The van der Waals surface area contributed by atoms with Crippen LogP contribution in [0.3, 0.4) is 0 Å². The first kappa shape index (κ1) is 19.4. The highest BCUT2D eigenvalue weighted by Crippen LogP contribution is 2.23. The Kier molecular flexibility index (Phi) is 5.54. The zero-order valence-electron chi connectivity index (χ0n) is 14.5. The third kappa shape index (κ3) is 4.15. The summed E-state index contributed by atoms with van der Waals surface area (Å²) in [7, 11) is -4.09. The van der Waals surface area contributed by atoms with Crippen LogP contribution in [-0.2, 0) is 14.8 Å². The van der Waals surface area contributed by atoms with E-state index in [9.17, 15) is 22.0 Å². The molecule has 1 saturated heterocycles. The van der Waals surface area contributed by atoms with Gasteiger partial charge < -0.3 is 10.1 Å². The number of ether oxygens (including phenoxy) is 1. The first-order chi connectivity index (χ1) is 12.8. The van der Waals surface area contributed by atoms with E-state index >= 15 is 0 Å². The van der Waals surface area contributed by atoms with Crippen LogP contribution in [-0.4, -0.2) is 44.9 Å². The molecule has 9 heteroatoms. The predicted molar refractivity (Wildman–Crippen MR) is 95.1 cm³/mol. The molecule has 27 heavy (non-hydrogen) atoms. The fourth-order valence-corrected chi connectivity index (χ4v) is 4.23. The van der Waals surface area contributed by atoms with E-state index in [1.54, 1.807) is 6.92 Å². The highest BCUT2D eigenvalue weighted by Gasteiger charge is 2.29. The van der Waals surface area contributed by atoms with Crippen molar-refractivity contribution in [1.29, 1.82) is 0 Å². The Balaban J connectivity index is 1.89. The largest absolute Gasteiger partial charge is 0.379 e. The minimum atomic E-state index is -4.09. The van der Waals surface area contributed by atoms with Gasteiger partial charge in [-0.2, -0.15) is 4.31 Å². The zero-order chi connectivity index (χ0) is 19.6. The number of halogens is 2. The standard InChI is InChI=1S/C18H18F2N2O4S/c1-12-10-14(19)3-5-16(12)21-18(23)13-2-4-15(20)17(11-13)27(24,25)22-6-8-26-9-7-22/h2-5,10-11H,6-9H2,1H3,(H,21,23). The molecule has 1 heterocycles. The fraction of sp³-hybridized carbons (Fsp3) is 0.278. The van der Waals surface area contributed by atoms with E-state index in [0.29, 0.717) is 11.3 Å². The maximum Gasteiger partial charge on any atom is 0.255 e. The second-order valence-electron chi connectivity index (χ2n) is 6.08. The van der Waals surface area contributed by atoms with Gasteiger partial charge in [-0.1, -0.05) is 0 Å². The van der Waals surface area contributed by atoms with Crippen molar-refractivity contribution in [3.05, 3.63) is 59.2 Å². The van der Waals surface area contributed by atoms with Crippen molar-refractivity contribution in [3.8, 4) is 0 Å². The molecule has 0 aliphatic carbocycles. The van der Waals surface area contributed by atoms with Gasteiger partial charge in [-0.3, -0.25) is 4.79 Å². The Bertz CT molecular complexity index is 973. The number of morpholine rings is 1. The molecule has 2 aromatic carbocycles. The number of hydrogen-bond acceptors (Lipinski definition) is 4. The predicted octanol–water partition coefficient (Wildman–Crippen LogP) is 2.55. The summed E-state index contributed by atoms with van der Waals surface area (Å²) in [4.78, 5) is 11.9. The summed E-state index contributed by atoms with van der Waals surface area (Å²) in [6.45, 7) is 2.31. The summed E-state index contributed by atoms with van der Waals surface area (Å²) >= 11 is 0. The lowest BCUT2D eigenvalue weighted by Crippen LogP contribution is -2.41. The summed E-state index contributed by atoms with van der Waals surface area (Å²) in [6.07, 6.45) is 0. The molecule has 1 aliphatic heterocycles. The van der Waals surface area contributed by atoms with Gasteiger partial charge in [-0.25, -0.2) is 17.2 Å². The second kappa shape index (κ2) is 7.71. The molecule has 0 radical (unpaired) electrons. The monoisotopic (exact) mass is 396 g/mol. The molecule has 0 bridgehead atoms. The molecule has 0 spiro atoms. The van der Waals surface area contributed by atoms with E-state index in [2.05, 4.69) is 5.32 Å². The number of carbonyl (C=O) groups is 1. The lowest BCUT2D eigenvalue weighted by Gasteiger charge is -2.26. The van der Waals surface area contributed by atoms with Gasteiger partial charge in [0, 0.05) is 24.3 Å². The van der Waals surface area contributed by atoms with Gasteiger partial charge in [0.1, 0.15) is 16.5 Å². The van der Waals surface area contributed by atoms with Gasteiger partial charge in [0.05, 0.1) is 13.2 Å². The number of anilines is 1. The maximum absolute atomic E-state index is 14.2. The van der Waals surface area contributed by atoms with Gasteiger partial charge in [0.15, 0.2) is 0 Å². The van der Waals surface area contributed by atoms with Crippen molar-refractivity contribution < 1.29 is 26.7 Å². The van der Waals surface area contributed by atoms with Gasteiger partial charge >= 0.3 is 0 Å². The average molecular weight is 396 g/mol. The lowest BCUT2D eigenvalue weighted by molar-refractivity contribution is 0.0729.